The Bertz CT molecular complexity index is 4540. The molecule has 0 amide bonds. The van der Waals surface area contributed by atoms with Crippen molar-refractivity contribution in [3.8, 4) is 90.0 Å². The van der Waals surface area contributed by atoms with Gasteiger partial charge in [0.15, 0.2) is 40.6 Å². The summed E-state index contributed by atoms with van der Waals surface area (Å²) in [6.45, 7) is 19.6. The molecule has 9 aromatic carbocycles. The summed E-state index contributed by atoms with van der Waals surface area (Å²) in [5.74, 6) is -3.75. The molecule has 0 saturated carbocycles. The molecular formula is C113H149F7N2O4. The van der Waals surface area contributed by atoms with Crippen LogP contribution in [0.25, 0.3) is 67.0 Å². The number of halogens is 7. The topological polar surface area (TPSA) is 62.7 Å². The lowest BCUT2D eigenvalue weighted by Gasteiger charge is -2.12. The number of hydrogen-bond donors (Lipinski definition) is 0. The van der Waals surface area contributed by atoms with E-state index in [4.69, 9.17) is 18.9 Å². The van der Waals surface area contributed by atoms with Crippen LogP contribution < -0.4 is 18.9 Å². The Labute approximate surface area is 754 Å². The van der Waals surface area contributed by atoms with E-state index >= 15 is 4.39 Å². The maximum atomic E-state index is 15.0. The second kappa shape index (κ2) is 62.8. The average molecular weight is 1730 g/mol. The summed E-state index contributed by atoms with van der Waals surface area (Å²) in [7, 11) is 0. The molecule has 6 nitrogen and oxygen atoms in total. The first-order valence-electron chi connectivity index (χ1n) is 48.7. The van der Waals surface area contributed by atoms with Crippen molar-refractivity contribution in [1.82, 2.24) is 9.97 Å². The van der Waals surface area contributed by atoms with E-state index in [0.29, 0.717) is 53.2 Å². The number of aromatic nitrogens is 2. The molecule has 126 heavy (non-hydrogen) atoms. The fourth-order valence-electron chi connectivity index (χ4n) is 15.4. The van der Waals surface area contributed by atoms with Crippen molar-refractivity contribution in [3.63, 3.8) is 0 Å². The zero-order chi connectivity index (χ0) is 90.0. The van der Waals surface area contributed by atoms with Gasteiger partial charge in [-0.3, -0.25) is 0 Å². The molecule has 0 aliphatic heterocycles. The normalized spacial score (nSPS) is 11.0. The Morgan fingerprint density at radius 2 is 0.492 bits per heavy atom. The van der Waals surface area contributed by atoms with Crippen molar-refractivity contribution in [2.75, 3.05) is 26.4 Å². The highest BCUT2D eigenvalue weighted by molar-refractivity contribution is 5.74. The Morgan fingerprint density at radius 1 is 0.222 bits per heavy atom. The molecule has 0 fully saturated rings. The zero-order valence-electron chi connectivity index (χ0n) is 77.8. The molecule has 13 heteroatoms. The molecule has 1 heterocycles. The Morgan fingerprint density at radius 3 is 0.881 bits per heavy atom. The number of ether oxygens (including phenoxy) is 4. The zero-order valence-corrected chi connectivity index (χ0v) is 77.8. The van der Waals surface area contributed by atoms with Crippen molar-refractivity contribution in [2.24, 2.45) is 0 Å². The molecule has 0 N–H and O–H groups in total. The molecule has 0 saturated heterocycles. The predicted molar refractivity (Wildman–Crippen MR) is 516 cm³/mol. The summed E-state index contributed by atoms with van der Waals surface area (Å²) in [6, 6.07) is 52.6. The highest BCUT2D eigenvalue weighted by atomic mass is 19.2. The van der Waals surface area contributed by atoms with Gasteiger partial charge in [0, 0.05) is 45.8 Å². The van der Waals surface area contributed by atoms with Crippen LogP contribution in [0, 0.1) is 47.6 Å². The summed E-state index contributed by atoms with van der Waals surface area (Å²) < 4.78 is 126. The van der Waals surface area contributed by atoms with Crippen molar-refractivity contribution < 1.29 is 49.7 Å². The molecule has 1 aromatic heterocycles. The average Bonchev–Trinajstić information content (AvgIpc) is 0.800. The largest absolute Gasteiger partial charge is 0.494 e. The standard InChI is InChI=1S/C32H39F3O2.C28H32F2.C28H44N2O.C25H34F2O/c1-3-5-7-9-10-12-21-36-26-16-13-24(14-17-26)25-15-18-27(29(33)23-25)28-19-20-30(32(35)31(28)34)37-22-11-8-6-4-2;1-3-4-5-6-7-8-9-10-22-13-17-24(18-14-22)26-20-19-25(27(29)28(26)30)23-15-11-21(2)12-16-23;1-3-5-7-9-11-13-15-17-25-23-29-28(30-24-25)26-18-20-27(21-19-26)31-22-16-14-12-10-8-6-4-2;1-3-5-7-8-9-11-19-28-23-18-17-22(24(26)25(23)27)21-15-13-20(14-16-21)12-10-6-4-2/h13-20,23H,3-12,21-22H2,1-2H3;11-20H,3-10H2,1-2H3;18-21,23-24H,3-17,22H2,1-2H3;13-18H,3-12,19H2,1-2H3. The second-order valence-electron chi connectivity index (χ2n) is 34.0. The van der Waals surface area contributed by atoms with E-state index in [9.17, 15) is 26.3 Å². The predicted octanol–water partition coefficient (Wildman–Crippen LogP) is 35.7. The van der Waals surface area contributed by atoms with Gasteiger partial charge in [-0.1, -0.05) is 375 Å². The number of hydrogen-bond acceptors (Lipinski definition) is 6. The number of nitrogens with zero attached hydrogens (tertiary/aromatic N) is 2. The van der Waals surface area contributed by atoms with Crippen molar-refractivity contribution in [3.05, 3.63) is 251 Å². The van der Waals surface area contributed by atoms with Gasteiger partial charge >= 0.3 is 0 Å². The van der Waals surface area contributed by atoms with Gasteiger partial charge in [-0.25, -0.2) is 31.9 Å². The first-order chi connectivity index (χ1) is 61.6. The van der Waals surface area contributed by atoms with Crippen LogP contribution in [0.2, 0.25) is 0 Å². The van der Waals surface area contributed by atoms with E-state index in [0.717, 1.165) is 118 Å². The summed E-state index contributed by atoms with van der Waals surface area (Å²) in [5, 5.41) is 0. The van der Waals surface area contributed by atoms with Crippen LogP contribution in [0.4, 0.5) is 30.7 Å². The minimum atomic E-state index is -1.11. The maximum absolute atomic E-state index is 15.0. The van der Waals surface area contributed by atoms with Crippen LogP contribution in [-0.2, 0) is 19.3 Å². The molecule has 0 aliphatic rings. The summed E-state index contributed by atoms with van der Waals surface area (Å²) in [5.41, 5.74) is 10.2. The van der Waals surface area contributed by atoms with Gasteiger partial charge in [0.05, 0.1) is 26.4 Å². The van der Waals surface area contributed by atoms with E-state index < -0.39 is 40.7 Å². The molecule has 0 spiro atoms. The highest BCUT2D eigenvalue weighted by Crippen LogP contribution is 2.37. The monoisotopic (exact) mass is 1730 g/mol. The molecule has 684 valence electrons. The minimum Gasteiger partial charge on any atom is -0.494 e. The summed E-state index contributed by atoms with van der Waals surface area (Å²) >= 11 is 0. The van der Waals surface area contributed by atoms with Crippen molar-refractivity contribution in [2.45, 2.75) is 331 Å². The van der Waals surface area contributed by atoms with Gasteiger partial charge in [0.25, 0.3) is 0 Å². The lowest BCUT2D eigenvalue weighted by molar-refractivity contribution is 0.285. The van der Waals surface area contributed by atoms with Crippen LogP contribution in [0.1, 0.15) is 328 Å². The van der Waals surface area contributed by atoms with Gasteiger partial charge in [-0.05, 0) is 182 Å². The van der Waals surface area contributed by atoms with Gasteiger partial charge in [0.1, 0.15) is 17.3 Å². The number of unbranched alkanes of at least 4 members (excludes halogenated alkanes) is 33. The lowest BCUT2D eigenvalue weighted by Crippen LogP contribution is -2.02. The first kappa shape index (κ1) is 104. The van der Waals surface area contributed by atoms with E-state index in [1.54, 1.807) is 30.3 Å². The van der Waals surface area contributed by atoms with Crippen LogP contribution in [0.15, 0.2) is 188 Å². The lowest BCUT2D eigenvalue weighted by atomic mass is 9.97. The third-order valence-electron chi connectivity index (χ3n) is 23.3. The number of aryl methyl sites for hydroxylation is 4. The molecule has 0 bridgehead atoms. The van der Waals surface area contributed by atoms with E-state index in [-0.39, 0.29) is 28.2 Å². The van der Waals surface area contributed by atoms with E-state index in [1.807, 2.05) is 129 Å². The smallest absolute Gasteiger partial charge is 0.201 e. The fourth-order valence-corrected chi connectivity index (χ4v) is 15.4. The molecule has 10 aromatic rings. The van der Waals surface area contributed by atoms with Crippen LogP contribution in [-0.4, -0.2) is 36.4 Å². The van der Waals surface area contributed by atoms with Crippen molar-refractivity contribution in [1.29, 1.82) is 0 Å². The Balaban J connectivity index is 0.000000232. The third kappa shape index (κ3) is 38.4. The molecule has 0 atom stereocenters. The quantitative estimate of drug-likeness (QED) is 0.0280. The van der Waals surface area contributed by atoms with Gasteiger partial charge < -0.3 is 18.9 Å². The first-order valence-corrected chi connectivity index (χ1v) is 48.7. The van der Waals surface area contributed by atoms with Crippen LogP contribution in [0.3, 0.4) is 0 Å². The van der Waals surface area contributed by atoms with Gasteiger partial charge in [-0.2, -0.15) is 8.78 Å². The number of rotatable bonds is 57. The minimum absolute atomic E-state index is 0.00555. The van der Waals surface area contributed by atoms with Gasteiger partial charge in [-0.15, -0.1) is 0 Å². The van der Waals surface area contributed by atoms with Crippen LogP contribution >= 0.6 is 0 Å². The van der Waals surface area contributed by atoms with E-state index in [1.165, 1.54) is 240 Å². The third-order valence-corrected chi connectivity index (χ3v) is 23.3. The molecular weight excluding hydrogens is 1580 g/mol. The highest BCUT2D eigenvalue weighted by Gasteiger charge is 2.21. The van der Waals surface area contributed by atoms with E-state index in [2.05, 4.69) is 70.6 Å². The fraction of sp³-hybridized carbons (Fsp3) is 0.487. The summed E-state index contributed by atoms with van der Waals surface area (Å²) in [4.78, 5) is 9.17. The Hall–Kier alpha value is -9.23. The SMILES string of the molecule is CCCCCCCCCOc1ccc(-c2ncc(CCCCCCCCC)cn2)cc1.CCCCCCCCCc1ccc(-c2ccc(-c3ccc(C)cc3)c(F)c2F)cc1.CCCCCCCCOc1ccc(-c2ccc(-c3ccc(OCCCCCC)c(F)c3F)c(F)c2)cc1.CCCCCCCCOc1ccc(-c2ccc(CCCCC)cc2)c(F)c1F. The maximum Gasteiger partial charge on any atom is 0.201 e. The molecule has 0 aliphatic carbocycles. The number of benzene rings is 9. The molecule has 0 radical (unpaired) electrons. The second-order valence-corrected chi connectivity index (χ2v) is 34.0. The van der Waals surface area contributed by atoms with Gasteiger partial charge in [0.2, 0.25) is 11.6 Å². The van der Waals surface area contributed by atoms with Crippen molar-refractivity contribution >= 4 is 0 Å². The Kier molecular flexibility index (Phi) is 51.8. The summed E-state index contributed by atoms with van der Waals surface area (Å²) in [6.07, 6.45) is 56.2. The van der Waals surface area contributed by atoms with Crippen LogP contribution in [0.5, 0.6) is 23.0 Å². The molecule has 0 unspecified atom stereocenters. The molecule has 10 rings (SSSR count).